The van der Waals surface area contributed by atoms with Crippen LogP contribution in [0, 0.1) is 0 Å². The van der Waals surface area contributed by atoms with Crippen LogP contribution in [0.4, 0.5) is 11.4 Å². The Labute approximate surface area is 118 Å². The summed E-state index contributed by atoms with van der Waals surface area (Å²) in [6.45, 7) is 0.819. The lowest BCUT2D eigenvalue weighted by molar-refractivity contribution is -0.117. The smallest absolute Gasteiger partial charge is 0.224 e. The second-order valence-corrected chi connectivity index (χ2v) is 5.22. The van der Waals surface area contributed by atoms with E-state index < -0.39 is 0 Å². The Hall–Kier alpha value is -1.26. The summed E-state index contributed by atoms with van der Waals surface area (Å²) in [5.74, 6) is -0.0177. The summed E-state index contributed by atoms with van der Waals surface area (Å²) >= 11 is 5.83. The summed E-state index contributed by atoms with van der Waals surface area (Å²) in [5, 5.41) is 3.31. The van der Waals surface area contributed by atoms with E-state index >= 15 is 0 Å². The summed E-state index contributed by atoms with van der Waals surface area (Å²) in [6.07, 6.45) is 4.85. The highest BCUT2D eigenvalue weighted by molar-refractivity contribution is 6.33. The third-order valence-electron chi connectivity index (χ3n) is 3.25. The SMILES string of the molecule is Nc1cc(NC(=O)CCC2CCCCO2)ccc1Cl. The average molecular weight is 283 g/mol. The van der Waals surface area contributed by atoms with Crippen molar-refractivity contribution in [3.05, 3.63) is 23.2 Å². The van der Waals surface area contributed by atoms with Crippen LogP contribution in [0.15, 0.2) is 18.2 Å². The maximum absolute atomic E-state index is 11.8. The van der Waals surface area contributed by atoms with Crippen molar-refractivity contribution in [2.75, 3.05) is 17.7 Å². The summed E-state index contributed by atoms with van der Waals surface area (Å²) in [7, 11) is 0. The Morgan fingerprint density at radius 2 is 2.32 bits per heavy atom. The van der Waals surface area contributed by atoms with Crippen LogP contribution in [-0.4, -0.2) is 18.6 Å². The molecule has 4 nitrogen and oxygen atoms in total. The topological polar surface area (TPSA) is 64.3 Å². The maximum atomic E-state index is 11.8. The number of amides is 1. The Morgan fingerprint density at radius 1 is 1.47 bits per heavy atom. The van der Waals surface area contributed by atoms with E-state index in [0.717, 1.165) is 25.9 Å². The number of anilines is 2. The molecule has 0 bridgehead atoms. The molecule has 1 aliphatic heterocycles. The number of benzene rings is 1. The van der Waals surface area contributed by atoms with Gasteiger partial charge in [-0.25, -0.2) is 0 Å². The number of nitrogens with one attached hydrogen (secondary N) is 1. The normalized spacial score (nSPS) is 19.1. The summed E-state index contributed by atoms with van der Waals surface area (Å²) in [5.41, 5.74) is 6.83. The number of hydrogen-bond donors (Lipinski definition) is 2. The Morgan fingerprint density at radius 3 is 3.00 bits per heavy atom. The fourth-order valence-corrected chi connectivity index (χ4v) is 2.29. The van der Waals surface area contributed by atoms with Crippen molar-refractivity contribution in [1.29, 1.82) is 0 Å². The molecule has 1 unspecified atom stereocenters. The summed E-state index contributed by atoms with van der Waals surface area (Å²) < 4.78 is 5.60. The standard InChI is InChI=1S/C14H19ClN2O2/c15-12-6-4-10(9-13(12)16)17-14(18)7-5-11-3-1-2-8-19-11/h4,6,9,11H,1-3,5,7-8,16H2,(H,17,18). The van der Waals surface area contributed by atoms with Gasteiger partial charge in [0.05, 0.1) is 16.8 Å². The van der Waals surface area contributed by atoms with Crippen LogP contribution in [0.5, 0.6) is 0 Å². The van der Waals surface area contributed by atoms with Crippen molar-refractivity contribution in [2.45, 2.75) is 38.2 Å². The van der Waals surface area contributed by atoms with E-state index in [1.54, 1.807) is 18.2 Å². The highest BCUT2D eigenvalue weighted by atomic mass is 35.5. The number of carbonyl (C=O) groups is 1. The zero-order valence-corrected chi connectivity index (χ0v) is 11.6. The van der Waals surface area contributed by atoms with E-state index in [4.69, 9.17) is 22.1 Å². The monoisotopic (exact) mass is 282 g/mol. The zero-order valence-electron chi connectivity index (χ0n) is 10.8. The lowest BCUT2D eigenvalue weighted by atomic mass is 10.0. The number of nitrogens with two attached hydrogens (primary N) is 1. The van der Waals surface area contributed by atoms with Gasteiger partial charge in [0.25, 0.3) is 0 Å². The fourth-order valence-electron chi connectivity index (χ4n) is 2.17. The molecule has 1 amide bonds. The molecule has 1 aromatic carbocycles. The molecule has 1 saturated heterocycles. The van der Waals surface area contributed by atoms with Crippen LogP contribution in [0.1, 0.15) is 32.1 Å². The molecule has 1 heterocycles. The molecular formula is C14H19ClN2O2. The van der Waals surface area contributed by atoms with Crippen LogP contribution in [0.2, 0.25) is 5.02 Å². The van der Waals surface area contributed by atoms with Gasteiger partial charge in [-0.15, -0.1) is 0 Å². The second-order valence-electron chi connectivity index (χ2n) is 4.81. The van der Waals surface area contributed by atoms with Gasteiger partial charge in [-0.05, 0) is 43.9 Å². The first kappa shape index (κ1) is 14.2. The molecule has 1 aromatic rings. The Bertz CT molecular complexity index is 445. The van der Waals surface area contributed by atoms with Crippen LogP contribution < -0.4 is 11.1 Å². The minimum absolute atomic E-state index is 0.0177. The highest BCUT2D eigenvalue weighted by Gasteiger charge is 2.15. The number of carbonyl (C=O) groups excluding carboxylic acids is 1. The van der Waals surface area contributed by atoms with Crippen molar-refractivity contribution < 1.29 is 9.53 Å². The van der Waals surface area contributed by atoms with Crippen molar-refractivity contribution in [3.63, 3.8) is 0 Å². The van der Waals surface area contributed by atoms with E-state index in [-0.39, 0.29) is 12.0 Å². The van der Waals surface area contributed by atoms with Crippen molar-refractivity contribution >= 4 is 28.9 Å². The van der Waals surface area contributed by atoms with E-state index in [1.165, 1.54) is 6.42 Å². The van der Waals surface area contributed by atoms with Gasteiger partial charge in [0.2, 0.25) is 5.91 Å². The first-order valence-electron chi connectivity index (χ1n) is 6.61. The number of nitrogen functional groups attached to an aromatic ring is 1. The van der Waals surface area contributed by atoms with E-state index in [2.05, 4.69) is 5.32 Å². The average Bonchev–Trinajstić information content (AvgIpc) is 2.42. The molecular weight excluding hydrogens is 264 g/mol. The lowest BCUT2D eigenvalue weighted by Crippen LogP contribution is -2.21. The molecule has 2 rings (SSSR count). The van der Waals surface area contributed by atoms with Gasteiger partial charge < -0.3 is 15.8 Å². The first-order chi connectivity index (χ1) is 9.15. The minimum atomic E-state index is -0.0177. The predicted octanol–water partition coefficient (Wildman–Crippen LogP) is 3.21. The molecule has 1 aliphatic rings. The van der Waals surface area contributed by atoms with Crippen LogP contribution >= 0.6 is 11.6 Å². The van der Waals surface area contributed by atoms with E-state index in [0.29, 0.717) is 22.8 Å². The molecule has 0 aliphatic carbocycles. The minimum Gasteiger partial charge on any atom is -0.397 e. The predicted molar refractivity (Wildman–Crippen MR) is 77.3 cm³/mol. The second kappa shape index (κ2) is 6.78. The number of hydrogen-bond acceptors (Lipinski definition) is 3. The van der Waals surface area contributed by atoms with Crippen LogP contribution in [-0.2, 0) is 9.53 Å². The zero-order chi connectivity index (χ0) is 13.7. The molecule has 1 fully saturated rings. The molecule has 0 radical (unpaired) electrons. The van der Waals surface area contributed by atoms with Gasteiger partial charge in [0.1, 0.15) is 0 Å². The number of ether oxygens (including phenoxy) is 1. The van der Waals surface area contributed by atoms with Crippen molar-refractivity contribution in [2.24, 2.45) is 0 Å². The summed E-state index contributed by atoms with van der Waals surface area (Å²) in [6, 6.07) is 5.09. The van der Waals surface area contributed by atoms with Crippen LogP contribution in [0.3, 0.4) is 0 Å². The molecule has 104 valence electrons. The fraction of sp³-hybridized carbons (Fsp3) is 0.500. The third kappa shape index (κ3) is 4.40. The van der Waals surface area contributed by atoms with Crippen molar-refractivity contribution in [3.8, 4) is 0 Å². The Kier molecular flexibility index (Phi) is 5.05. The maximum Gasteiger partial charge on any atom is 0.224 e. The number of rotatable bonds is 4. The molecule has 3 N–H and O–H groups in total. The molecule has 0 spiro atoms. The Balaban J connectivity index is 1.78. The quantitative estimate of drug-likeness (QED) is 0.834. The lowest BCUT2D eigenvalue weighted by Gasteiger charge is -2.22. The van der Waals surface area contributed by atoms with Gasteiger partial charge in [-0.3, -0.25) is 4.79 Å². The number of halogens is 1. The van der Waals surface area contributed by atoms with Gasteiger partial charge >= 0.3 is 0 Å². The van der Waals surface area contributed by atoms with Gasteiger partial charge in [0, 0.05) is 18.7 Å². The van der Waals surface area contributed by atoms with Gasteiger partial charge in [-0.2, -0.15) is 0 Å². The van der Waals surface area contributed by atoms with Gasteiger partial charge in [-0.1, -0.05) is 11.6 Å². The largest absolute Gasteiger partial charge is 0.397 e. The molecule has 1 atom stereocenters. The molecule has 19 heavy (non-hydrogen) atoms. The van der Waals surface area contributed by atoms with Crippen LogP contribution in [0.25, 0.3) is 0 Å². The molecule has 5 heteroatoms. The summed E-state index contributed by atoms with van der Waals surface area (Å²) in [4.78, 5) is 11.8. The highest BCUT2D eigenvalue weighted by Crippen LogP contribution is 2.23. The third-order valence-corrected chi connectivity index (χ3v) is 3.59. The molecule has 0 saturated carbocycles. The molecule has 0 aromatic heterocycles. The van der Waals surface area contributed by atoms with E-state index in [1.807, 2.05) is 0 Å². The van der Waals surface area contributed by atoms with E-state index in [9.17, 15) is 4.79 Å². The van der Waals surface area contributed by atoms with Gasteiger partial charge in [0.15, 0.2) is 0 Å². The first-order valence-corrected chi connectivity index (χ1v) is 6.99. The van der Waals surface area contributed by atoms with Crippen molar-refractivity contribution in [1.82, 2.24) is 0 Å².